The van der Waals surface area contributed by atoms with Crippen LogP contribution in [0.5, 0.6) is 0 Å². The molecule has 0 spiro atoms. The lowest BCUT2D eigenvalue weighted by Gasteiger charge is -2.31. The summed E-state index contributed by atoms with van der Waals surface area (Å²) in [5.74, 6) is 1.62. The molecule has 2 N–H and O–H groups in total. The van der Waals surface area contributed by atoms with Crippen LogP contribution in [0.1, 0.15) is 57.2 Å². The minimum atomic E-state index is -0.137. The molecule has 4 rings (SSSR count). The molecule has 2 aromatic rings. The fourth-order valence-corrected chi connectivity index (χ4v) is 3.87. The number of nitrogens with one attached hydrogen (secondary N) is 2. The van der Waals surface area contributed by atoms with E-state index in [1.165, 1.54) is 19.3 Å². The number of carbonyl (C=O) groups excluding carboxylic acids is 2. The van der Waals surface area contributed by atoms with Gasteiger partial charge in [-0.15, -0.1) is 0 Å². The summed E-state index contributed by atoms with van der Waals surface area (Å²) in [5.41, 5.74) is 2.70. The van der Waals surface area contributed by atoms with Crippen LogP contribution in [-0.2, 0) is 9.59 Å². The Labute approximate surface area is 153 Å². The number of nitrogens with zero attached hydrogens (tertiary/aromatic N) is 2. The van der Waals surface area contributed by atoms with Crippen LogP contribution < -0.4 is 5.32 Å². The highest BCUT2D eigenvalue weighted by molar-refractivity contribution is 5.95. The Morgan fingerprint density at radius 2 is 2.12 bits per heavy atom. The Morgan fingerprint density at radius 3 is 2.85 bits per heavy atom. The van der Waals surface area contributed by atoms with E-state index in [0.717, 1.165) is 41.9 Å². The molecule has 2 heterocycles. The molecule has 6 nitrogen and oxygen atoms in total. The first kappa shape index (κ1) is 17.1. The van der Waals surface area contributed by atoms with Gasteiger partial charge in [-0.25, -0.2) is 4.98 Å². The fraction of sp³-hybridized carbons (Fsp3) is 0.550. The summed E-state index contributed by atoms with van der Waals surface area (Å²) in [6, 6.07) is 5.82. The SMILES string of the molecule is CCC(=O)N1CCCC(C(=O)Nc2ccc3nc(C4CCC4)[nH]c3c2)C1. The minimum Gasteiger partial charge on any atom is -0.342 e. The first-order chi connectivity index (χ1) is 12.6. The molecule has 0 radical (unpaired) electrons. The number of hydrogen-bond acceptors (Lipinski definition) is 3. The number of aromatic nitrogens is 2. The lowest BCUT2D eigenvalue weighted by atomic mass is 9.85. The van der Waals surface area contributed by atoms with E-state index < -0.39 is 0 Å². The molecule has 1 unspecified atom stereocenters. The van der Waals surface area contributed by atoms with E-state index in [1.807, 2.05) is 30.0 Å². The van der Waals surface area contributed by atoms with Gasteiger partial charge in [0.1, 0.15) is 5.82 Å². The monoisotopic (exact) mass is 354 g/mol. The second-order valence-corrected chi connectivity index (χ2v) is 7.50. The van der Waals surface area contributed by atoms with Crippen molar-refractivity contribution in [3.05, 3.63) is 24.0 Å². The van der Waals surface area contributed by atoms with Crippen molar-refractivity contribution in [3.63, 3.8) is 0 Å². The zero-order chi connectivity index (χ0) is 18.1. The summed E-state index contributed by atoms with van der Waals surface area (Å²) in [7, 11) is 0. The summed E-state index contributed by atoms with van der Waals surface area (Å²) in [6.07, 6.45) is 5.90. The Bertz CT molecular complexity index is 824. The topological polar surface area (TPSA) is 78.1 Å². The van der Waals surface area contributed by atoms with Crippen molar-refractivity contribution >= 4 is 28.5 Å². The average molecular weight is 354 g/mol. The number of H-pyrrole nitrogens is 1. The largest absolute Gasteiger partial charge is 0.342 e. The van der Waals surface area contributed by atoms with Gasteiger partial charge >= 0.3 is 0 Å². The van der Waals surface area contributed by atoms with Crippen molar-refractivity contribution in [1.29, 1.82) is 0 Å². The number of rotatable bonds is 4. The van der Waals surface area contributed by atoms with Gasteiger partial charge in [-0.2, -0.15) is 0 Å². The smallest absolute Gasteiger partial charge is 0.229 e. The van der Waals surface area contributed by atoms with Crippen LogP contribution in [0.4, 0.5) is 5.69 Å². The standard InChI is InChI=1S/C20H26N4O2/c1-2-18(25)24-10-4-7-14(12-24)20(26)21-15-8-9-16-17(11-15)23-19(22-16)13-5-3-6-13/h8-9,11,13-14H,2-7,10,12H2,1H3,(H,21,26)(H,22,23). The van der Waals surface area contributed by atoms with Crippen molar-refractivity contribution in [3.8, 4) is 0 Å². The lowest BCUT2D eigenvalue weighted by Crippen LogP contribution is -2.43. The third kappa shape index (κ3) is 3.32. The molecule has 2 fully saturated rings. The van der Waals surface area contributed by atoms with Crippen molar-refractivity contribution in [2.45, 2.75) is 51.4 Å². The van der Waals surface area contributed by atoms with Gasteiger partial charge in [0.15, 0.2) is 0 Å². The molecule has 26 heavy (non-hydrogen) atoms. The van der Waals surface area contributed by atoms with E-state index in [1.54, 1.807) is 0 Å². The maximum atomic E-state index is 12.7. The Balaban J connectivity index is 1.44. The molecule has 1 aromatic carbocycles. The first-order valence-corrected chi connectivity index (χ1v) is 9.72. The summed E-state index contributed by atoms with van der Waals surface area (Å²) in [6.45, 7) is 3.15. The summed E-state index contributed by atoms with van der Waals surface area (Å²) in [4.78, 5) is 34.5. The highest BCUT2D eigenvalue weighted by Gasteiger charge is 2.28. The second kappa shape index (κ2) is 7.09. The second-order valence-electron chi connectivity index (χ2n) is 7.50. The van der Waals surface area contributed by atoms with Gasteiger partial charge in [0, 0.05) is 31.1 Å². The highest BCUT2D eigenvalue weighted by Crippen LogP contribution is 2.35. The molecular weight excluding hydrogens is 328 g/mol. The molecule has 1 aromatic heterocycles. The molecule has 1 aliphatic carbocycles. The maximum Gasteiger partial charge on any atom is 0.229 e. The maximum absolute atomic E-state index is 12.7. The summed E-state index contributed by atoms with van der Waals surface area (Å²) >= 11 is 0. The van der Waals surface area contributed by atoms with Crippen LogP contribution in [-0.4, -0.2) is 39.8 Å². The zero-order valence-corrected chi connectivity index (χ0v) is 15.3. The summed E-state index contributed by atoms with van der Waals surface area (Å²) in [5, 5.41) is 3.02. The predicted octanol–water partition coefficient (Wildman–Crippen LogP) is 3.42. The highest BCUT2D eigenvalue weighted by atomic mass is 16.2. The number of fused-ring (bicyclic) bond motifs is 1. The number of carbonyl (C=O) groups is 2. The molecule has 138 valence electrons. The number of amides is 2. The van der Waals surface area contributed by atoms with E-state index >= 15 is 0 Å². The Morgan fingerprint density at radius 1 is 1.27 bits per heavy atom. The van der Waals surface area contributed by atoms with E-state index in [0.29, 0.717) is 18.9 Å². The molecule has 2 amide bonds. The number of benzene rings is 1. The normalized spacial score (nSPS) is 20.8. The number of aromatic amines is 1. The number of imidazole rings is 1. The number of likely N-dealkylation sites (tertiary alicyclic amines) is 1. The van der Waals surface area contributed by atoms with Gasteiger partial charge < -0.3 is 15.2 Å². The van der Waals surface area contributed by atoms with Crippen molar-refractivity contribution in [2.75, 3.05) is 18.4 Å². The van der Waals surface area contributed by atoms with Gasteiger partial charge in [-0.1, -0.05) is 13.3 Å². The van der Waals surface area contributed by atoms with Crippen molar-refractivity contribution < 1.29 is 9.59 Å². The van der Waals surface area contributed by atoms with Gasteiger partial charge in [0.05, 0.1) is 17.0 Å². The van der Waals surface area contributed by atoms with Crippen LogP contribution in [0, 0.1) is 5.92 Å². The number of anilines is 1. The molecular formula is C20H26N4O2. The van der Waals surface area contributed by atoms with Crippen LogP contribution >= 0.6 is 0 Å². The zero-order valence-electron chi connectivity index (χ0n) is 15.3. The Hall–Kier alpha value is -2.37. The van der Waals surface area contributed by atoms with Crippen LogP contribution in [0.25, 0.3) is 11.0 Å². The van der Waals surface area contributed by atoms with E-state index in [2.05, 4.69) is 15.3 Å². The average Bonchev–Trinajstić information content (AvgIpc) is 3.02. The molecule has 1 saturated carbocycles. The van der Waals surface area contributed by atoms with Crippen LogP contribution in [0.3, 0.4) is 0 Å². The molecule has 1 saturated heterocycles. The van der Waals surface area contributed by atoms with E-state index in [4.69, 9.17) is 0 Å². The summed E-state index contributed by atoms with van der Waals surface area (Å²) < 4.78 is 0. The van der Waals surface area contributed by atoms with Gasteiger partial charge in [-0.3, -0.25) is 9.59 Å². The van der Waals surface area contributed by atoms with Crippen molar-refractivity contribution in [1.82, 2.24) is 14.9 Å². The molecule has 0 bridgehead atoms. The fourth-order valence-electron chi connectivity index (χ4n) is 3.87. The van der Waals surface area contributed by atoms with Gasteiger partial charge in [-0.05, 0) is 43.9 Å². The third-order valence-corrected chi connectivity index (χ3v) is 5.71. The lowest BCUT2D eigenvalue weighted by molar-refractivity contribution is -0.134. The molecule has 6 heteroatoms. The predicted molar refractivity (Wildman–Crippen MR) is 101 cm³/mol. The number of piperidine rings is 1. The van der Waals surface area contributed by atoms with Gasteiger partial charge in [0.2, 0.25) is 11.8 Å². The molecule has 1 atom stereocenters. The Kier molecular flexibility index (Phi) is 4.66. The quantitative estimate of drug-likeness (QED) is 0.883. The van der Waals surface area contributed by atoms with Crippen LogP contribution in [0.2, 0.25) is 0 Å². The third-order valence-electron chi connectivity index (χ3n) is 5.71. The van der Waals surface area contributed by atoms with Crippen LogP contribution in [0.15, 0.2) is 18.2 Å². The number of hydrogen-bond donors (Lipinski definition) is 2. The van der Waals surface area contributed by atoms with E-state index in [9.17, 15) is 9.59 Å². The van der Waals surface area contributed by atoms with Gasteiger partial charge in [0.25, 0.3) is 0 Å². The van der Waals surface area contributed by atoms with Crippen molar-refractivity contribution in [2.24, 2.45) is 5.92 Å². The van der Waals surface area contributed by atoms with E-state index in [-0.39, 0.29) is 17.7 Å². The molecule has 1 aliphatic heterocycles. The first-order valence-electron chi connectivity index (χ1n) is 9.72. The molecule has 2 aliphatic rings. The minimum absolute atomic E-state index is 0.00307.